The van der Waals surface area contributed by atoms with E-state index in [-0.39, 0.29) is 24.5 Å². The summed E-state index contributed by atoms with van der Waals surface area (Å²) in [6.07, 6.45) is 2.87. The van der Waals surface area contributed by atoms with Crippen LogP contribution in [0.2, 0.25) is 0 Å². The molecule has 2 heterocycles. The van der Waals surface area contributed by atoms with Gasteiger partial charge in [-0.2, -0.15) is 0 Å². The van der Waals surface area contributed by atoms with E-state index in [1.54, 1.807) is 31.2 Å². The molecule has 0 spiro atoms. The molecule has 5 unspecified atom stereocenters. The zero-order valence-corrected chi connectivity index (χ0v) is 18.1. The molecule has 1 saturated heterocycles. The Labute approximate surface area is 183 Å². The van der Waals surface area contributed by atoms with Crippen molar-refractivity contribution in [2.75, 3.05) is 18.2 Å². The second-order valence-electron chi connectivity index (χ2n) is 7.98. The monoisotopic (exact) mass is 452 g/mol. The molecule has 0 radical (unpaired) electrons. The Kier molecular flexibility index (Phi) is 6.32. The van der Waals surface area contributed by atoms with Crippen LogP contribution in [-0.4, -0.2) is 41.0 Å². The SMILES string of the molecule is CC1C=C(F)C=C(F)C1C12COC(CCl)CC1CSC(NC(=O)c1ccccc1)=N2. The molecule has 2 aliphatic heterocycles. The lowest BCUT2D eigenvalue weighted by Gasteiger charge is -2.51. The number of halogens is 3. The van der Waals surface area contributed by atoms with Gasteiger partial charge in [0.2, 0.25) is 0 Å². The molecule has 30 heavy (non-hydrogen) atoms. The van der Waals surface area contributed by atoms with Crippen LogP contribution in [0.25, 0.3) is 0 Å². The van der Waals surface area contributed by atoms with Crippen molar-refractivity contribution in [2.45, 2.75) is 25.0 Å². The molecule has 8 heteroatoms. The summed E-state index contributed by atoms with van der Waals surface area (Å²) >= 11 is 7.45. The van der Waals surface area contributed by atoms with E-state index in [1.807, 2.05) is 6.07 Å². The van der Waals surface area contributed by atoms with Crippen LogP contribution in [0, 0.1) is 17.8 Å². The Morgan fingerprint density at radius 1 is 1.37 bits per heavy atom. The van der Waals surface area contributed by atoms with E-state index in [0.717, 1.165) is 6.08 Å². The van der Waals surface area contributed by atoms with Gasteiger partial charge < -0.3 is 10.1 Å². The van der Waals surface area contributed by atoms with Crippen molar-refractivity contribution in [2.24, 2.45) is 22.7 Å². The largest absolute Gasteiger partial charge is 0.374 e. The van der Waals surface area contributed by atoms with Crippen LogP contribution in [0.4, 0.5) is 8.78 Å². The third-order valence-electron chi connectivity index (χ3n) is 6.02. The number of hydrogen-bond donors (Lipinski definition) is 1. The van der Waals surface area contributed by atoms with E-state index in [4.69, 9.17) is 21.3 Å². The van der Waals surface area contributed by atoms with Gasteiger partial charge in [0.25, 0.3) is 5.91 Å². The van der Waals surface area contributed by atoms with Crippen LogP contribution in [0.1, 0.15) is 23.7 Å². The van der Waals surface area contributed by atoms with E-state index in [9.17, 15) is 9.18 Å². The Bertz CT molecular complexity index is 908. The molecule has 160 valence electrons. The third-order valence-corrected chi connectivity index (χ3v) is 7.40. The molecule has 0 bridgehead atoms. The third kappa shape index (κ3) is 4.07. The van der Waals surface area contributed by atoms with Gasteiger partial charge in [0.05, 0.1) is 12.7 Å². The number of carbonyl (C=O) groups excluding carboxylic acids is 1. The van der Waals surface area contributed by atoms with Crippen LogP contribution in [-0.2, 0) is 4.74 Å². The molecular formula is C22H23ClF2N2O2S. The highest BCUT2D eigenvalue weighted by Crippen LogP contribution is 2.50. The Morgan fingerprint density at radius 3 is 2.83 bits per heavy atom. The molecule has 1 N–H and O–H groups in total. The minimum Gasteiger partial charge on any atom is -0.374 e. The fourth-order valence-electron chi connectivity index (χ4n) is 4.60. The molecule has 4 nitrogen and oxygen atoms in total. The zero-order chi connectivity index (χ0) is 21.3. The number of fused-ring (bicyclic) bond motifs is 1. The summed E-state index contributed by atoms with van der Waals surface area (Å²) in [6.45, 7) is 1.96. The number of amides is 1. The summed E-state index contributed by atoms with van der Waals surface area (Å²) in [5, 5.41) is 3.29. The maximum absolute atomic E-state index is 15.1. The topological polar surface area (TPSA) is 50.7 Å². The predicted molar refractivity (Wildman–Crippen MR) is 116 cm³/mol. The van der Waals surface area contributed by atoms with Crippen LogP contribution in [0.5, 0.6) is 0 Å². The second-order valence-corrected chi connectivity index (χ2v) is 9.29. The minimum absolute atomic E-state index is 0.00135. The molecule has 3 aliphatic rings. The normalized spacial score (nSPS) is 33.7. The number of benzene rings is 1. The smallest absolute Gasteiger partial charge is 0.257 e. The Morgan fingerprint density at radius 2 is 2.13 bits per heavy atom. The number of aliphatic imine (C=N–C) groups is 1. The molecule has 4 rings (SSSR count). The van der Waals surface area contributed by atoms with Crippen LogP contribution < -0.4 is 5.32 Å². The molecule has 0 saturated carbocycles. The molecule has 1 aliphatic carbocycles. The standard InChI is InChI=1S/C22H23ClF2N2O2S/c1-13-7-16(24)9-18(25)19(13)22-12-29-17(10-23)8-15(22)11-30-21(27-22)26-20(28)14-5-3-2-4-6-14/h2-7,9,13,15,17,19H,8,10-12H2,1H3,(H,26,27,28). The number of allylic oxidation sites excluding steroid dienone is 3. The fourth-order valence-corrected chi connectivity index (χ4v) is 6.00. The summed E-state index contributed by atoms with van der Waals surface area (Å²) in [5.41, 5.74) is -0.411. The lowest BCUT2D eigenvalue weighted by molar-refractivity contribution is -0.0666. The summed E-state index contributed by atoms with van der Waals surface area (Å²) in [4.78, 5) is 17.5. The van der Waals surface area contributed by atoms with Crippen LogP contribution in [0.3, 0.4) is 0 Å². The lowest BCUT2D eigenvalue weighted by Crippen LogP contribution is -2.58. The highest BCUT2D eigenvalue weighted by molar-refractivity contribution is 8.13. The van der Waals surface area contributed by atoms with Gasteiger partial charge in [0, 0.05) is 29.2 Å². The van der Waals surface area contributed by atoms with Gasteiger partial charge >= 0.3 is 0 Å². The first-order chi connectivity index (χ1) is 14.4. The van der Waals surface area contributed by atoms with Crippen molar-refractivity contribution in [1.29, 1.82) is 0 Å². The number of nitrogens with zero attached hydrogens (tertiary/aromatic N) is 1. The summed E-state index contributed by atoms with van der Waals surface area (Å²) in [5.74, 6) is -1.45. The van der Waals surface area contributed by atoms with Gasteiger partial charge in [0.15, 0.2) is 5.17 Å². The lowest BCUT2D eigenvalue weighted by atomic mass is 9.65. The molecular weight excluding hydrogens is 430 g/mol. The summed E-state index contributed by atoms with van der Waals surface area (Å²) in [6, 6.07) is 8.84. The average Bonchev–Trinajstić information content (AvgIpc) is 2.73. The Balaban J connectivity index is 1.68. The second kappa shape index (κ2) is 8.81. The maximum atomic E-state index is 15.1. The number of rotatable bonds is 3. The van der Waals surface area contributed by atoms with Gasteiger partial charge in [-0.25, -0.2) is 8.78 Å². The Hall–Kier alpha value is -1.70. The van der Waals surface area contributed by atoms with Gasteiger partial charge in [-0.15, -0.1) is 11.6 Å². The van der Waals surface area contributed by atoms with E-state index in [0.29, 0.717) is 28.8 Å². The van der Waals surface area contributed by atoms with Crippen molar-refractivity contribution in [3.63, 3.8) is 0 Å². The van der Waals surface area contributed by atoms with Crippen molar-refractivity contribution in [1.82, 2.24) is 5.32 Å². The van der Waals surface area contributed by atoms with E-state index < -0.39 is 29.0 Å². The molecule has 1 amide bonds. The number of hydrogen-bond acceptors (Lipinski definition) is 4. The quantitative estimate of drug-likeness (QED) is 0.665. The molecule has 1 aromatic rings. The van der Waals surface area contributed by atoms with Gasteiger partial charge in [0.1, 0.15) is 17.2 Å². The first kappa shape index (κ1) is 21.5. The minimum atomic E-state index is -0.926. The molecule has 1 fully saturated rings. The first-order valence-electron chi connectivity index (χ1n) is 9.94. The van der Waals surface area contributed by atoms with Crippen LogP contribution >= 0.6 is 23.4 Å². The highest BCUT2D eigenvalue weighted by atomic mass is 35.5. The van der Waals surface area contributed by atoms with Crippen molar-refractivity contribution in [3.8, 4) is 0 Å². The average molecular weight is 453 g/mol. The first-order valence-corrected chi connectivity index (χ1v) is 11.5. The summed E-state index contributed by atoms with van der Waals surface area (Å²) in [7, 11) is 0. The number of nitrogens with one attached hydrogen (secondary N) is 1. The maximum Gasteiger partial charge on any atom is 0.257 e. The number of carbonyl (C=O) groups is 1. The molecule has 0 aromatic heterocycles. The van der Waals surface area contributed by atoms with Crippen molar-refractivity contribution < 1.29 is 18.3 Å². The van der Waals surface area contributed by atoms with Gasteiger partial charge in [-0.3, -0.25) is 9.79 Å². The number of amidine groups is 1. The number of ether oxygens (including phenoxy) is 1. The fraction of sp³-hybridized carbons (Fsp3) is 0.455. The van der Waals surface area contributed by atoms with Crippen LogP contribution in [0.15, 0.2) is 59.1 Å². The van der Waals surface area contributed by atoms with E-state index >= 15 is 4.39 Å². The summed E-state index contributed by atoms with van der Waals surface area (Å²) < 4.78 is 34.8. The molecule has 1 aromatic carbocycles. The van der Waals surface area contributed by atoms with E-state index in [1.165, 1.54) is 17.8 Å². The van der Waals surface area contributed by atoms with Crippen molar-refractivity contribution >= 4 is 34.4 Å². The van der Waals surface area contributed by atoms with Gasteiger partial charge in [-0.05, 0) is 36.5 Å². The highest BCUT2D eigenvalue weighted by Gasteiger charge is 2.55. The van der Waals surface area contributed by atoms with Gasteiger partial charge in [-0.1, -0.05) is 36.9 Å². The predicted octanol–water partition coefficient (Wildman–Crippen LogP) is 4.87. The molecule has 5 atom stereocenters. The zero-order valence-electron chi connectivity index (χ0n) is 16.5. The van der Waals surface area contributed by atoms with E-state index in [2.05, 4.69) is 5.32 Å². The number of alkyl halides is 1. The van der Waals surface area contributed by atoms with Crippen molar-refractivity contribution in [3.05, 3.63) is 59.7 Å². The number of thioether (sulfide) groups is 1.